The highest BCUT2D eigenvalue weighted by atomic mass is 79.9. The van der Waals surface area contributed by atoms with E-state index in [0.717, 1.165) is 15.7 Å². The molecule has 0 aliphatic rings. The van der Waals surface area contributed by atoms with Gasteiger partial charge in [0.2, 0.25) is 0 Å². The van der Waals surface area contributed by atoms with E-state index in [2.05, 4.69) is 26.2 Å². The second-order valence-corrected chi connectivity index (χ2v) is 5.29. The van der Waals surface area contributed by atoms with E-state index in [9.17, 15) is 4.79 Å². The highest BCUT2D eigenvalue weighted by Gasteiger charge is 2.07. The van der Waals surface area contributed by atoms with Gasteiger partial charge in [0.1, 0.15) is 11.6 Å². The fourth-order valence-electron chi connectivity index (χ4n) is 1.66. The van der Waals surface area contributed by atoms with Crippen molar-refractivity contribution >= 4 is 27.7 Å². The topological polar surface area (TPSA) is 51.2 Å². The molecule has 2 aromatic rings. The van der Waals surface area contributed by atoms with Gasteiger partial charge in [-0.05, 0) is 59.6 Å². The predicted octanol–water partition coefficient (Wildman–Crippen LogP) is 3.48. The molecule has 0 bridgehead atoms. The van der Waals surface area contributed by atoms with Gasteiger partial charge in [-0.25, -0.2) is 4.98 Å². The molecule has 20 heavy (non-hydrogen) atoms. The quantitative estimate of drug-likeness (QED) is 0.931. The van der Waals surface area contributed by atoms with Crippen molar-refractivity contribution in [2.75, 3.05) is 11.9 Å². The van der Waals surface area contributed by atoms with Crippen molar-refractivity contribution in [2.45, 2.75) is 13.8 Å². The van der Waals surface area contributed by atoms with Crippen molar-refractivity contribution in [1.82, 2.24) is 4.98 Å². The van der Waals surface area contributed by atoms with E-state index in [4.69, 9.17) is 4.74 Å². The number of rotatable bonds is 4. The Hall–Kier alpha value is -1.88. The number of anilines is 1. The van der Waals surface area contributed by atoms with Gasteiger partial charge in [-0.1, -0.05) is 12.1 Å². The first-order chi connectivity index (χ1) is 9.54. The summed E-state index contributed by atoms with van der Waals surface area (Å²) in [5, 5.41) is 2.69. The number of aromatic nitrogens is 1. The zero-order chi connectivity index (χ0) is 14.5. The average molecular weight is 335 g/mol. The second kappa shape index (κ2) is 6.52. The summed E-state index contributed by atoms with van der Waals surface area (Å²) < 4.78 is 6.30. The van der Waals surface area contributed by atoms with Crippen LogP contribution in [0.4, 0.5) is 5.82 Å². The summed E-state index contributed by atoms with van der Waals surface area (Å²) in [6.07, 6.45) is 0. The number of nitrogens with one attached hydrogen (secondary N) is 1. The molecule has 1 amide bonds. The minimum atomic E-state index is -0.240. The summed E-state index contributed by atoms with van der Waals surface area (Å²) in [6, 6.07) is 11.2. The first-order valence-electron chi connectivity index (χ1n) is 6.17. The van der Waals surface area contributed by atoms with E-state index < -0.39 is 0 Å². The van der Waals surface area contributed by atoms with Crippen LogP contribution in [0.2, 0.25) is 0 Å². The lowest BCUT2D eigenvalue weighted by Gasteiger charge is -2.09. The summed E-state index contributed by atoms with van der Waals surface area (Å²) in [4.78, 5) is 16.0. The molecule has 1 aromatic carbocycles. The maximum absolute atomic E-state index is 11.8. The monoisotopic (exact) mass is 334 g/mol. The highest BCUT2D eigenvalue weighted by Crippen LogP contribution is 2.25. The number of hydrogen-bond donors (Lipinski definition) is 1. The van der Waals surface area contributed by atoms with E-state index in [-0.39, 0.29) is 12.5 Å². The molecular weight excluding hydrogens is 320 g/mol. The zero-order valence-corrected chi connectivity index (χ0v) is 12.9. The van der Waals surface area contributed by atoms with Crippen LogP contribution in [-0.2, 0) is 4.79 Å². The molecular formula is C15H15BrN2O2. The molecule has 0 aliphatic heterocycles. The van der Waals surface area contributed by atoms with Gasteiger partial charge in [-0.3, -0.25) is 4.79 Å². The first-order valence-corrected chi connectivity index (χ1v) is 6.96. The van der Waals surface area contributed by atoms with Gasteiger partial charge in [0, 0.05) is 5.69 Å². The lowest BCUT2D eigenvalue weighted by atomic mass is 10.2. The Bertz CT molecular complexity index is 629. The smallest absolute Gasteiger partial charge is 0.263 e. The number of carbonyl (C=O) groups is 1. The summed E-state index contributed by atoms with van der Waals surface area (Å²) in [5.74, 6) is 0.931. The molecule has 0 atom stereocenters. The normalized spacial score (nSPS) is 10.2. The number of pyridine rings is 1. The molecule has 0 aliphatic carbocycles. The van der Waals surface area contributed by atoms with Crippen LogP contribution >= 0.6 is 15.9 Å². The Morgan fingerprint density at radius 2 is 2.10 bits per heavy atom. The van der Waals surface area contributed by atoms with Gasteiger partial charge in [-0.15, -0.1) is 0 Å². The van der Waals surface area contributed by atoms with Gasteiger partial charge in [0.25, 0.3) is 5.91 Å². The second-order valence-electron chi connectivity index (χ2n) is 4.43. The first kappa shape index (κ1) is 14.5. The summed E-state index contributed by atoms with van der Waals surface area (Å²) in [6.45, 7) is 3.80. The number of ether oxygens (including phenoxy) is 1. The van der Waals surface area contributed by atoms with E-state index in [1.165, 1.54) is 0 Å². The third-order valence-electron chi connectivity index (χ3n) is 2.60. The minimum Gasteiger partial charge on any atom is -0.483 e. The fourth-order valence-corrected chi connectivity index (χ4v) is 2.27. The van der Waals surface area contributed by atoms with Crippen LogP contribution in [0.5, 0.6) is 5.75 Å². The molecule has 0 saturated heterocycles. The molecule has 2 rings (SSSR count). The van der Waals surface area contributed by atoms with Crippen LogP contribution in [0.3, 0.4) is 0 Å². The van der Waals surface area contributed by atoms with Gasteiger partial charge in [-0.2, -0.15) is 0 Å². The third-order valence-corrected chi connectivity index (χ3v) is 3.22. The fraction of sp³-hybridized carbons (Fsp3) is 0.200. The summed E-state index contributed by atoms with van der Waals surface area (Å²) in [7, 11) is 0. The molecule has 1 N–H and O–H groups in total. The van der Waals surface area contributed by atoms with Crippen molar-refractivity contribution in [2.24, 2.45) is 0 Å². The zero-order valence-electron chi connectivity index (χ0n) is 11.3. The molecule has 0 unspecified atom stereocenters. The van der Waals surface area contributed by atoms with Crippen molar-refractivity contribution in [3.05, 3.63) is 52.1 Å². The molecule has 104 valence electrons. The van der Waals surface area contributed by atoms with E-state index in [0.29, 0.717) is 11.6 Å². The molecule has 1 aromatic heterocycles. The molecule has 1 heterocycles. The Morgan fingerprint density at radius 1 is 1.30 bits per heavy atom. The SMILES string of the molecule is Cc1ccc(OCC(=O)Nc2cccc(C)n2)c(Br)c1. The van der Waals surface area contributed by atoms with Crippen molar-refractivity contribution in [3.63, 3.8) is 0 Å². The molecule has 0 radical (unpaired) electrons. The minimum absolute atomic E-state index is 0.0583. The standard InChI is InChI=1S/C15H15BrN2O2/c1-10-6-7-13(12(16)8-10)20-9-15(19)18-14-5-3-4-11(2)17-14/h3-8H,9H2,1-2H3,(H,17,18,19). The van der Waals surface area contributed by atoms with Gasteiger partial charge >= 0.3 is 0 Å². The third kappa shape index (κ3) is 4.06. The van der Waals surface area contributed by atoms with E-state index >= 15 is 0 Å². The van der Waals surface area contributed by atoms with Gasteiger partial charge < -0.3 is 10.1 Å². The molecule has 0 saturated carbocycles. The molecule has 0 spiro atoms. The number of hydrogen-bond acceptors (Lipinski definition) is 3. The summed E-state index contributed by atoms with van der Waals surface area (Å²) >= 11 is 3.40. The van der Waals surface area contributed by atoms with Crippen LogP contribution in [0.25, 0.3) is 0 Å². The predicted molar refractivity (Wildman–Crippen MR) is 82.0 cm³/mol. The maximum Gasteiger partial charge on any atom is 0.263 e. The lowest BCUT2D eigenvalue weighted by molar-refractivity contribution is -0.118. The van der Waals surface area contributed by atoms with Crippen LogP contribution < -0.4 is 10.1 Å². The molecule has 4 nitrogen and oxygen atoms in total. The van der Waals surface area contributed by atoms with Crippen LogP contribution in [0.1, 0.15) is 11.3 Å². The summed E-state index contributed by atoms with van der Waals surface area (Å²) in [5.41, 5.74) is 1.97. The lowest BCUT2D eigenvalue weighted by Crippen LogP contribution is -2.21. The Balaban J connectivity index is 1.92. The maximum atomic E-state index is 11.8. The van der Waals surface area contributed by atoms with Gasteiger partial charge in [0.15, 0.2) is 6.61 Å². The Morgan fingerprint density at radius 3 is 2.80 bits per heavy atom. The van der Waals surface area contributed by atoms with E-state index in [1.54, 1.807) is 6.07 Å². The largest absolute Gasteiger partial charge is 0.483 e. The van der Waals surface area contributed by atoms with Gasteiger partial charge in [0.05, 0.1) is 4.47 Å². The van der Waals surface area contributed by atoms with Crippen molar-refractivity contribution in [3.8, 4) is 5.75 Å². The molecule has 5 heteroatoms. The number of nitrogens with zero attached hydrogens (tertiary/aromatic N) is 1. The Labute approximate surface area is 126 Å². The Kier molecular flexibility index (Phi) is 4.74. The van der Waals surface area contributed by atoms with Crippen molar-refractivity contribution < 1.29 is 9.53 Å². The molecule has 0 fully saturated rings. The highest BCUT2D eigenvalue weighted by molar-refractivity contribution is 9.10. The number of benzene rings is 1. The number of amides is 1. The van der Waals surface area contributed by atoms with Crippen molar-refractivity contribution in [1.29, 1.82) is 0 Å². The average Bonchev–Trinajstić information content (AvgIpc) is 2.37. The number of aryl methyl sites for hydroxylation is 2. The number of carbonyl (C=O) groups excluding carboxylic acids is 1. The van der Waals surface area contributed by atoms with E-state index in [1.807, 2.05) is 44.2 Å². The van der Waals surface area contributed by atoms with Crippen LogP contribution in [0, 0.1) is 13.8 Å². The number of halogens is 1. The van der Waals surface area contributed by atoms with Crippen LogP contribution in [0.15, 0.2) is 40.9 Å². The van der Waals surface area contributed by atoms with Crippen LogP contribution in [-0.4, -0.2) is 17.5 Å².